The standard InChI is InChI=1S/C20H19ClN2O.C14H15ClN2/c21-19-8-4-5-9-20(19)24-11-10-22-13-16-12-18(15-23-14-16)17-6-2-1-3-7-17;15-6-7-16-9-12-8-14(11-17-10-12)13-4-2-1-3-5-13/h1-9,12,14-15,22H,10-11,13H2;1-5,8,10-11,16H,6-7,9H2. The van der Waals surface area contributed by atoms with Gasteiger partial charge in [-0.2, -0.15) is 0 Å². The maximum Gasteiger partial charge on any atom is 0.137 e. The molecule has 7 heteroatoms. The van der Waals surface area contributed by atoms with E-state index < -0.39 is 0 Å². The van der Waals surface area contributed by atoms with E-state index >= 15 is 0 Å². The molecule has 0 radical (unpaired) electrons. The number of hydrogen-bond acceptors (Lipinski definition) is 5. The predicted molar refractivity (Wildman–Crippen MR) is 170 cm³/mol. The lowest BCUT2D eigenvalue weighted by Gasteiger charge is -2.09. The number of halogens is 2. The zero-order chi connectivity index (χ0) is 28.5. The van der Waals surface area contributed by atoms with Crippen molar-refractivity contribution in [2.45, 2.75) is 13.1 Å². The third-order valence-corrected chi connectivity index (χ3v) is 6.61. The first-order valence-electron chi connectivity index (χ1n) is 13.6. The van der Waals surface area contributed by atoms with Crippen molar-refractivity contribution in [2.24, 2.45) is 0 Å². The van der Waals surface area contributed by atoms with Crippen molar-refractivity contribution in [1.82, 2.24) is 20.6 Å². The lowest BCUT2D eigenvalue weighted by atomic mass is 10.1. The zero-order valence-corrected chi connectivity index (χ0v) is 24.4. The fourth-order valence-corrected chi connectivity index (χ4v) is 4.40. The van der Waals surface area contributed by atoms with Crippen molar-refractivity contribution in [1.29, 1.82) is 0 Å². The fraction of sp³-hybridized carbons (Fsp3) is 0.176. The third-order valence-electron chi connectivity index (χ3n) is 6.11. The molecular formula is C34H34Cl2N4O. The summed E-state index contributed by atoms with van der Waals surface area (Å²) in [7, 11) is 0. The number of para-hydroxylation sites is 1. The topological polar surface area (TPSA) is 59.1 Å². The summed E-state index contributed by atoms with van der Waals surface area (Å²) in [6.07, 6.45) is 7.54. The van der Waals surface area contributed by atoms with Crippen LogP contribution >= 0.6 is 23.2 Å². The Balaban J connectivity index is 0.000000201. The van der Waals surface area contributed by atoms with Crippen LogP contribution in [-0.4, -0.2) is 35.5 Å². The second-order valence-electron chi connectivity index (χ2n) is 9.22. The van der Waals surface area contributed by atoms with Gasteiger partial charge in [0, 0.05) is 68.0 Å². The number of aromatic nitrogens is 2. The lowest BCUT2D eigenvalue weighted by Crippen LogP contribution is -2.20. The van der Waals surface area contributed by atoms with Crippen LogP contribution in [0.15, 0.2) is 122 Å². The molecule has 2 N–H and O–H groups in total. The van der Waals surface area contributed by atoms with Gasteiger partial charge in [-0.15, -0.1) is 11.6 Å². The van der Waals surface area contributed by atoms with E-state index in [1.165, 1.54) is 16.7 Å². The highest BCUT2D eigenvalue weighted by molar-refractivity contribution is 6.32. The van der Waals surface area contributed by atoms with Crippen LogP contribution < -0.4 is 15.4 Å². The van der Waals surface area contributed by atoms with Crippen LogP contribution in [0, 0.1) is 0 Å². The minimum Gasteiger partial charge on any atom is -0.491 e. The molecule has 0 aliphatic heterocycles. The summed E-state index contributed by atoms with van der Waals surface area (Å²) in [4.78, 5) is 8.60. The maximum absolute atomic E-state index is 6.05. The molecule has 2 heterocycles. The maximum atomic E-state index is 6.05. The molecule has 5 nitrogen and oxygen atoms in total. The Bertz CT molecular complexity index is 1450. The molecule has 3 aromatic carbocycles. The molecule has 0 bridgehead atoms. The van der Waals surface area contributed by atoms with E-state index in [0.29, 0.717) is 23.3 Å². The van der Waals surface area contributed by atoms with Crippen molar-refractivity contribution in [3.05, 3.63) is 138 Å². The Kier molecular flexibility index (Phi) is 12.6. The van der Waals surface area contributed by atoms with Crippen molar-refractivity contribution < 1.29 is 4.74 Å². The second-order valence-corrected chi connectivity index (χ2v) is 10.0. The van der Waals surface area contributed by atoms with Gasteiger partial charge >= 0.3 is 0 Å². The molecule has 0 fully saturated rings. The third kappa shape index (κ3) is 10.3. The minimum absolute atomic E-state index is 0.565. The summed E-state index contributed by atoms with van der Waals surface area (Å²) in [5.74, 6) is 1.35. The van der Waals surface area contributed by atoms with Crippen LogP contribution in [0.1, 0.15) is 11.1 Å². The zero-order valence-electron chi connectivity index (χ0n) is 22.8. The van der Waals surface area contributed by atoms with Gasteiger partial charge in [0.1, 0.15) is 12.4 Å². The van der Waals surface area contributed by atoms with Gasteiger partial charge in [-0.25, -0.2) is 0 Å². The van der Waals surface area contributed by atoms with E-state index in [9.17, 15) is 0 Å². The first-order valence-corrected chi connectivity index (χ1v) is 14.5. The predicted octanol–water partition coefficient (Wildman–Crippen LogP) is 7.65. The van der Waals surface area contributed by atoms with Crippen molar-refractivity contribution in [3.63, 3.8) is 0 Å². The summed E-state index contributed by atoms with van der Waals surface area (Å²) < 4.78 is 5.66. The van der Waals surface area contributed by atoms with Gasteiger partial charge in [0.25, 0.3) is 0 Å². The number of nitrogens with zero attached hydrogens (tertiary/aromatic N) is 2. The van der Waals surface area contributed by atoms with Gasteiger partial charge in [0.15, 0.2) is 0 Å². The summed E-state index contributed by atoms with van der Waals surface area (Å²) >= 11 is 11.7. The van der Waals surface area contributed by atoms with Crippen LogP contribution in [0.4, 0.5) is 0 Å². The van der Waals surface area contributed by atoms with Crippen molar-refractivity contribution in [3.8, 4) is 28.0 Å². The molecule has 0 spiro atoms. The number of benzene rings is 3. The number of alkyl halides is 1. The highest BCUT2D eigenvalue weighted by Gasteiger charge is 2.02. The van der Waals surface area contributed by atoms with Gasteiger partial charge in [0.2, 0.25) is 0 Å². The Morgan fingerprint density at radius 3 is 1.63 bits per heavy atom. The summed E-state index contributed by atoms with van der Waals surface area (Å²) in [6.45, 7) is 3.67. The molecule has 0 saturated heterocycles. The lowest BCUT2D eigenvalue weighted by molar-refractivity contribution is 0.314. The molecule has 210 valence electrons. The first kappa shape index (κ1) is 30.2. The molecular weight excluding hydrogens is 551 g/mol. The molecule has 0 amide bonds. The van der Waals surface area contributed by atoms with Gasteiger partial charge in [-0.05, 0) is 46.5 Å². The van der Waals surface area contributed by atoms with Crippen LogP contribution in [0.25, 0.3) is 22.3 Å². The number of ether oxygens (including phenoxy) is 1. The Morgan fingerprint density at radius 1 is 0.585 bits per heavy atom. The number of rotatable bonds is 12. The average molecular weight is 586 g/mol. The van der Waals surface area contributed by atoms with Gasteiger partial charge in [0.05, 0.1) is 5.02 Å². The molecule has 0 unspecified atom stereocenters. The normalized spacial score (nSPS) is 10.5. The quantitative estimate of drug-likeness (QED) is 0.116. The van der Waals surface area contributed by atoms with Crippen LogP contribution in [0.2, 0.25) is 5.02 Å². The Hall–Kier alpha value is -3.74. The smallest absolute Gasteiger partial charge is 0.137 e. The molecule has 0 aliphatic rings. The molecule has 0 saturated carbocycles. The van der Waals surface area contributed by atoms with Crippen LogP contribution in [-0.2, 0) is 13.1 Å². The van der Waals surface area contributed by atoms with E-state index in [2.05, 4.69) is 57.0 Å². The molecule has 2 aromatic heterocycles. The SMILES string of the molecule is ClCCNCc1cncc(-c2ccccc2)c1.Clc1ccccc1OCCNCc1cncc(-c2ccccc2)c1. The fourth-order valence-electron chi connectivity index (χ4n) is 4.07. The van der Waals surface area contributed by atoms with Crippen LogP contribution in [0.5, 0.6) is 5.75 Å². The molecule has 41 heavy (non-hydrogen) atoms. The van der Waals surface area contributed by atoms with Crippen molar-refractivity contribution >= 4 is 23.2 Å². The molecule has 0 atom stereocenters. The number of nitrogens with one attached hydrogen (secondary N) is 2. The molecule has 5 aromatic rings. The van der Waals surface area contributed by atoms with E-state index in [4.69, 9.17) is 27.9 Å². The Morgan fingerprint density at radius 2 is 1.10 bits per heavy atom. The largest absolute Gasteiger partial charge is 0.491 e. The minimum atomic E-state index is 0.565. The summed E-state index contributed by atoms with van der Waals surface area (Å²) in [5.41, 5.74) is 6.97. The van der Waals surface area contributed by atoms with Gasteiger partial charge < -0.3 is 15.4 Å². The average Bonchev–Trinajstić information content (AvgIpc) is 3.03. The van der Waals surface area contributed by atoms with E-state index in [0.717, 1.165) is 42.9 Å². The van der Waals surface area contributed by atoms with E-state index in [1.807, 2.05) is 85.5 Å². The second kappa shape index (κ2) is 17.2. The summed E-state index contributed by atoms with van der Waals surface area (Å²) in [5, 5.41) is 7.26. The number of pyridine rings is 2. The van der Waals surface area contributed by atoms with E-state index in [1.54, 1.807) is 0 Å². The van der Waals surface area contributed by atoms with Crippen LogP contribution in [0.3, 0.4) is 0 Å². The molecule has 5 rings (SSSR count). The first-order chi connectivity index (χ1) is 20.2. The van der Waals surface area contributed by atoms with E-state index in [-0.39, 0.29) is 0 Å². The highest BCUT2D eigenvalue weighted by atomic mass is 35.5. The van der Waals surface area contributed by atoms with Crippen molar-refractivity contribution in [2.75, 3.05) is 25.6 Å². The summed E-state index contributed by atoms with van der Waals surface area (Å²) in [6, 6.07) is 32.3. The molecule has 0 aliphatic carbocycles. The van der Waals surface area contributed by atoms with Gasteiger partial charge in [-0.3, -0.25) is 9.97 Å². The highest BCUT2D eigenvalue weighted by Crippen LogP contribution is 2.23. The number of hydrogen-bond donors (Lipinski definition) is 2. The Labute approximate surface area is 252 Å². The monoisotopic (exact) mass is 584 g/mol. The van der Waals surface area contributed by atoms with Gasteiger partial charge in [-0.1, -0.05) is 84.4 Å².